The summed E-state index contributed by atoms with van der Waals surface area (Å²) in [5, 5.41) is 16.5. The summed E-state index contributed by atoms with van der Waals surface area (Å²) < 4.78 is 38.0. The Bertz CT molecular complexity index is 659. The second-order valence-electron chi connectivity index (χ2n) is 3.74. The van der Waals surface area contributed by atoms with Crippen LogP contribution in [0.25, 0.3) is 11.3 Å². The zero-order chi connectivity index (χ0) is 14.9. The van der Waals surface area contributed by atoms with E-state index in [4.69, 9.17) is 11.6 Å². The third-order valence-electron chi connectivity index (χ3n) is 2.43. The average Bonchev–Trinajstić information content (AvgIpc) is 2.38. The van der Waals surface area contributed by atoms with Crippen molar-refractivity contribution in [3.8, 4) is 11.3 Å². The Kier molecular flexibility index (Phi) is 3.58. The molecule has 0 atom stereocenters. The Labute approximate surface area is 115 Å². The van der Waals surface area contributed by atoms with Crippen molar-refractivity contribution in [2.45, 2.75) is 6.18 Å². The molecule has 1 aromatic heterocycles. The van der Waals surface area contributed by atoms with Crippen molar-refractivity contribution >= 4 is 17.3 Å². The number of hydrogen-bond acceptors (Lipinski definition) is 4. The molecule has 0 aliphatic heterocycles. The minimum absolute atomic E-state index is 0.0726. The fourth-order valence-corrected chi connectivity index (χ4v) is 1.67. The molecule has 0 saturated heterocycles. The molecule has 1 heterocycles. The van der Waals surface area contributed by atoms with Crippen molar-refractivity contribution in [1.29, 1.82) is 0 Å². The minimum Gasteiger partial charge on any atom is -0.258 e. The molecule has 2 aromatic rings. The van der Waals surface area contributed by atoms with Crippen LogP contribution in [0.15, 0.2) is 30.3 Å². The maximum atomic E-state index is 12.7. The van der Waals surface area contributed by atoms with Crippen molar-refractivity contribution in [1.82, 2.24) is 10.2 Å². The Balaban J connectivity index is 2.45. The lowest BCUT2D eigenvalue weighted by atomic mass is 10.1. The maximum absolute atomic E-state index is 12.7. The average molecular weight is 304 g/mol. The molecule has 0 unspecified atom stereocenters. The van der Waals surface area contributed by atoms with Gasteiger partial charge in [-0.1, -0.05) is 11.6 Å². The van der Waals surface area contributed by atoms with Gasteiger partial charge >= 0.3 is 6.18 Å². The predicted molar refractivity (Wildman–Crippen MR) is 64.1 cm³/mol. The van der Waals surface area contributed by atoms with Crippen molar-refractivity contribution in [3.63, 3.8) is 0 Å². The van der Waals surface area contributed by atoms with Gasteiger partial charge in [0.2, 0.25) is 0 Å². The van der Waals surface area contributed by atoms with Gasteiger partial charge in [-0.3, -0.25) is 10.1 Å². The molecule has 5 nitrogen and oxygen atoms in total. The summed E-state index contributed by atoms with van der Waals surface area (Å²) in [7, 11) is 0. The van der Waals surface area contributed by atoms with E-state index in [0.717, 1.165) is 6.07 Å². The highest BCUT2D eigenvalue weighted by Gasteiger charge is 2.34. The van der Waals surface area contributed by atoms with Gasteiger partial charge in [0.05, 0.1) is 16.2 Å². The fourth-order valence-electron chi connectivity index (χ4n) is 1.47. The summed E-state index contributed by atoms with van der Waals surface area (Å²) in [5.41, 5.74) is -1.09. The second kappa shape index (κ2) is 5.04. The zero-order valence-electron chi connectivity index (χ0n) is 9.56. The summed E-state index contributed by atoms with van der Waals surface area (Å²) in [5.74, 6) is 0. The summed E-state index contributed by atoms with van der Waals surface area (Å²) in [6.45, 7) is 0. The van der Waals surface area contributed by atoms with Crippen molar-refractivity contribution < 1.29 is 18.1 Å². The topological polar surface area (TPSA) is 68.9 Å². The first-order chi connectivity index (χ1) is 9.29. The SMILES string of the molecule is O=[N+]([O-])c1ccc(-c2cc(C(F)(F)F)c(Cl)nn2)cc1. The molecule has 0 bridgehead atoms. The maximum Gasteiger partial charge on any atom is 0.419 e. The van der Waals surface area contributed by atoms with Gasteiger partial charge in [0, 0.05) is 17.7 Å². The van der Waals surface area contributed by atoms with Crippen LogP contribution in [0.1, 0.15) is 5.56 Å². The standard InChI is InChI=1S/C11H5ClF3N3O2/c12-10-8(11(13,14)15)5-9(16-17-10)6-1-3-7(4-2-6)18(19)20/h1-5H. The van der Waals surface area contributed by atoms with Crippen LogP contribution in [0, 0.1) is 10.1 Å². The summed E-state index contributed by atoms with van der Waals surface area (Å²) in [4.78, 5) is 9.88. The fraction of sp³-hybridized carbons (Fsp3) is 0.0909. The monoisotopic (exact) mass is 303 g/mol. The predicted octanol–water partition coefficient (Wildman–Crippen LogP) is 3.72. The highest BCUT2D eigenvalue weighted by atomic mass is 35.5. The van der Waals surface area contributed by atoms with Gasteiger partial charge in [-0.2, -0.15) is 13.2 Å². The van der Waals surface area contributed by atoms with Crippen LogP contribution in [0.5, 0.6) is 0 Å². The molecular formula is C11H5ClF3N3O2. The van der Waals surface area contributed by atoms with Gasteiger partial charge in [0.1, 0.15) is 0 Å². The highest BCUT2D eigenvalue weighted by molar-refractivity contribution is 6.30. The molecule has 0 saturated carbocycles. The number of alkyl halides is 3. The van der Waals surface area contributed by atoms with E-state index in [1.165, 1.54) is 24.3 Å². The summed E-state index contributed by atoms with van der Waals surface area (Å²) in [6, 6.07) is 5.65. The third-order valence-corrected chi connectivity index (χ3v) is 2.71. The molecule has 0 amide bonds. The van der Waals surface area contributed by atoms with Gasteiger partial charge in [-0.15, -0.1) is 10.2 Å². The lowest BCUT2D eigenvalue weighted by Gasteiger charge is -2.09. The highest BCUT2D eigenvalue weighted by Crippen LogP contribution is 2.35. The van der Waals surface area contributed by atoms with E-state index >= 15 is 0 Å². The third kappa shape index (κ3) is 2.85. The number of nitro benzene ring substituents is 1. The molecule has 0 radical (unpaired) electrons. The first-order valence-electron chi connectivity index (χ1n) is 5.14. The van der Waals surface area contributed by atoms with Crippen LogP contribution < -0.4 is 0 Å². The Hall–Kier alpha value is -2.22. The lowest BCUT2D eigenvalue weighted by molar-refractivity contribution is -0.384. The van der Waals surface area contributed by atoms with E-state index in [-0.39, 0.29) is 16.9 Å². The van der Waals surface area contributed by atoms with Gasteiger partial charge in [-0.25, -0.2) is 0 Å². The number of halogens is 4. The van der Waals surface area contributed by atoms with E-state index in [1.807, 2.05) is 0 Å². The Morgan fingerprint density at radius 1 is 1.15 bits per heavy atom. The van der Waals surface area contributed by atoms with E-state index < -0.39 is 21.8 Å². The van der Waals surface area contributed by atoms with Crippen LogP contribution in [0.3, 0.4) is 0 Å². The molecule has 0 spiro atoms. The van der Waals surface area contributed by atoms with Gasteiger partial charge in [-0.05, 0) is 18.2 Å². The van der Waals surface area contributed by atoms with Gasteiger partial charge in [0.15, 0.2) is 5.15 Å². The Morgan fingerprint density at radius 3 is 2.25 bits per heavy atom. The molecule has 9 heteroatoms. The first-order valence-corrected chi connectivity index (χ1v) is 5.52. The van der Waals surface area contributed by atoms with Crippen LogP contribution in [0.2, 0.25) is 5.15 Å². The quantitative estimate of drug-likeness (QED) is 0.626. The lowest BCUT2D eigenvalue weighted by Crippen LogP contribution is -2.08. The number of aromatic nitrogens is 2. The largest absolute Gasteiger partial charge is 0.419 e. The normalized spacial score (nSPS) is 11.4. The molecule has 1 aromatic carbocycles. The van der Waals surface area contributed by atoms with Crippen LogP contribution in [-0.4, -0.2) is 15.1 Å². The number of hydrogen-bond donors (Lipinski definition) is 0. The van der Waals surface area contributed by atoms with E-state index in [1.54, 1.807) is 0 Å². The summed E-state index contributed by atoms with van der Waals surface area (Å²) in [6.07, 6.45) is -4.65. The number of nitrogens with zero attached hydrogens (tertiary/aromatic N) is 3. The van der Waals surface area contributed by atoms with Crippen LogP contribution in [0.4, 0.5) is 18.9 Å². The smallest absolute Gasteiger partial charge is 0.258 e. The van der Waals surface area contributed by atoms with E-state index in [0.29, 0.717) is 0 Å². The van der Waals surface area contributed by atoms with Crippen LogP contribution in [-0.2, 0) is 6.18 Å². The minimum atomic E-state index is -4.65. The molecule has 0 aliphatic carbocycles. The van der Waals surface area contributed by atoms with E-state index in [2.05, 4.69) is 10.2 Å². The van der Waals surface area contributed by atoms with E-state index in [9.17, 15) is 23.3 Å². The zero-order valence-corrected chi connectivity index (χ0v) is 10.3. The molecule has 20 heavy (non-hydrogen) atoms. The van der Waals surface area contributed by atoms with Crippen molar-refractivity contribution in [3.05, 3.63) is 51.2 Å². The van der Waals surface area contributed by atoms with Crippen LogP contribution >= 0.6 is 11.6 Å². The van der Waals surface area contributed by atoms with Gasteiger partial charge < -0.3 is 0 Å². The van der Waals surface area contributed by atoms with Crippen molar-refractivity contribution in [2.24, 2.45) is 0 Å². The molecule has 0 N–H and O–H groups in total. The molecule has 0 fully saturated rings. The van der Waals surface area contributed by atoms with Gasteiger partial charge in [0.25, 0.3) is 5.69 Å². The van der Waals surface area contributed by atoms with Crippen molar-refractivity contribution in [2.75, 3.05) is 0 Å². The molecule has 104 valence electrons. The number of benzene rings is 1. The molecule has 0 aliphatic rings. The first kappa shape index (κ1) is 14.2. The number of non-ortho nitro benzene ring substituents is 1. The molecular weight excluding hydrogens is 299 g/mol. The number of nitro groups is 1. The number of rotatable bonds is 2. The molecule has 2 rings (SSSR count). The summed E-state index contributed by atoms with van der Waals surface area (Å²) >= 11 is 5.35. The Morgan fingerprint density at radius 2 is 1.75 bits per heavy atom. The second-order valence-corrected chi connectivity index (χ2v) is 4.09.